The Morgan fingerprint density at radius 1 is 0.978 bits per heavy atom. The first-order chi connectivity index (χ1) is 21.8. The Bertz CT molecular complexity index is 1530. The van der Waals surface area contributed by atoms with Gasteiger partial charge in [-0.2, -0.15) is 13.2 Å². The number of piperazine rings is 1. The number of nitrogens with one attached hydrogen (secondary N) is 2. The number of hydrogen-bond acceptors (Lipinski definition) is 4. The van der Waals surface area contributed by atoms with Crippen molar-refractivity contribution in [2.45, 2.75) is 31.5 Å². The van der Waals surface area contributed by atoms with Gasteiger partial charge < -0.3 is 20.4 Å². The molecule has 3 aromatic carbocycles. The third kappa shape index (κ3) is 9.04. The fourth-order valence-corrected chi connectivity index (χ4v) is 5.99. The van der Waals surface area contributed by atoms with Crippen LogP contribution < -0.4 is 15.5 Å². The normalized spacial score (nSPS) is 15.3. The molecular formula is C33H37Cl2F4N5O2. The minimum absolute atomic E-state index is 0.165. The molecule has 1 saturated heterocycles. The summed E-state index contributed by atoms with van der Waals surface area (Å²) in [7, 11) is 3.06. The summed E-state index contributed by atoms with van der Waals surface area (Å²) in [4.78, 5) is 31.0. The van der Waals surface area contributed by atoms with Crippen molar-refractivity contribution in [1.82, 2.24) is 20.4 Å². The number of urea groups is 1. The average Bonchev–Trinajstić information content (AvgIpc) is 3.03. The van der Waals surface area contributed by atoms with Gasteiger partial charge in [-0.05, 0) is 67.4 Å². The zero-order valence-electron chi connectivity index (χ0n) is 25.8. The van der Waals surface area contributed by atoms with Crippen molar-refractivity contribution in [3.05, 3.63) is 98.8 Å². The zero-order chi connectivity index (χ0) is 33.6. The van der Waals surface area contributed by atoms with Crippen LogP contribution in [-0.2, 0) is 6.18 Å². The highest BCUT2D eigenvalue weighted by atomic mass is 35.5. The van der Waals surface area contributed by atoms with Crippen LogP contribution in [-0.4, -0.2) is 75.1 Å². The molecule has 1 aliphatic rings. The van der Waals surface area contributed by atoms with Crippen LogP contribution in [0.5, 0.6) is 0 Å². The van der Waals surface area contributed by atoms with Crippen molar-refractivity contribution in [3.8, 4) is 0 Å². The van der Waals surface area contributed by atoms with Crippen LogP contribution in [0.15, 0.2) is 60.7 Å². The summed E-state index contributed by atoms with van der Waals surface area (Å²) >= 11 is 12.5. The summed E-state index contributed by atoms with van der Waals surface area (Å²) in [5.74, 6) is -2.08. The molecule has 13 heteroatoms. The molecule has 1 aliphatic heterocycles. The van der Waals surface area contributed by atoms with E-state index >= 15 is 0 Å². The Balaban J connectivity index is 1.44. The van der Waals surface area contributed by atoms with Crippen molar-refractivity contribution in [1.29, 1.82) is 0 Å². The first-order valence-corrected chi connectivity index (χ1v) is 15.6. The predicted octanol–water partition coefficient (Wildman–Crippen LogP) is 7.21. The number of anilines is 1. The van der Waals surface area contributed by atoms with E-state index < -0.39 is 23.5 Å². The Labute approximate surface area is 276 Å². The van der Waals surface area contributed by atoms with Crippen molar-refractivity contribution in [2.75, 3.05) is 58.3 Å². The summed E-state index contributed by atoms with van der Waals surface area (Å²) in [5.41, 5.74) is 1.32. The minimum atomic E-state index is -4.79. The molecule has 7 nitrogen and oxygen atoms in total. The molecule has 0 radical (unpaired) electrons. The molecule has 0 bridgehead atoms. The van der Waals surface area contributed by atoms with Gasteiger partial charge in [0.2, 0.25) is 0 Å². The van der Waals surface area contributed by atoms with Crippen molar-refractivity contribution < 1.29 is 27.2 Å². The highest BCUT2D eigenvalue weighted by Crippen LogP contribution is 2.33. The third-order valence-corrected chi connectivity index (χ3v) is 8.95. The summed E-state index contributed by atoms with van der Waals surface area (Å²) in [6.07, 6.45) is -4.17. The van der Waals surface area contributed by atoms with Crippen LogP contribution in [0.3, 0.4) is 0 Å². The number of benzene rings is 3. The van der Waals surface area contributed by atoms with E-state index in [9.17, 15) is 27.2 Å². The SMILES string of the molecule is CNC(=O)N[C@@H](C)c1ccccc1N1CCN(CC[C@H](CN(C)C(=O)c2cc(F)cc(C(F)(F)F)c2)c2ccc(Cl)c(Cl)c2)CC1. The van der Waals surface area contributed by atoms with Gasteiger partial charge in [-0.3, -0.25) is 9.69 Å². The van der Waals surface area contributed by atoms with Gasteiger partial charge in [-0.1, -0.05) is 47.5 Å². The van der Waals surface area contributed by atoms with E-state index in [1.165, 1.54) is 11.9 Å². The lowest BCUT2D eigenvalue weighted by atomic mass is 9.94. The second kappa shape index (κ2) is 15.4. The minimum Gasteiger partial charge on any atom is -0.369 e. The maximum Gasteiger partial charge on any atom is 0.416 e. The smallest absolute Gasteiger partial charge is 0.369 e. The lowest BCUT2D eigenvalue weighted by Crippen LogP contribution is -2.47. The first kappa shape index (κ1) is 35.3. The summed E-state index contributed by atoms with van der Waals surface area (Å²) in [6, 6.07) is 14.6. The maximum atomic E-state index is 14.1. The predicted molar refractivity (Wildman–Crippen MR) is 173 cm³/mol. The monoisotopic (exact) mass is 681 g/mol. The quantitative estimate of drug-likeness (QED) is 0.222. The van der Waals surface area contributed by atoms with Gasteiger partial charge in [0, 0.05) is 64.0 Å². The molecule has 0 unspecified atom stereocenters. The van der Waals surface area contributed by atoms with Crippen molar-refractivity contribution >= 4 is 40.8 Å². The lowest BCUT2D eigenvalue weighted by Gasteiger charge is -2.38. The Hall–Kier alpha value is -3.54. The van der Waals surface area contributed by atoms with E-state index in [4.69, 9.17) is 23.2 Å². The number of para-hydroxylation sites is 1. The standard InChI is InChI=1S/C33H37Cl2F4N5O2/c1-21(41-32(46)40-2)27-6-4-5-7-30(27)44-14-12-43(13-15-44)11-10-23(22-8-9-28(34)29(35)18-22)20-42(3)31(45)24-16-25(33(37,38)39)19-26(36)17-24/h4-9,16-19,21,23H,10-15,20H2,1-3H3,(H2,40,41,46)/t21-,23+/m0/s1. The molecule has 1 heterocycles. The maximum absolute atomic E-state index is 14.1. The molecule has 0 aliphatic carbocycles. The molecule has 2 N–H and O–H groups in total. The number of amides is 3. The van der Waals surface area contributed by atoms with Gasteiger partial charge in [0.15, 0.2) is 0 Å². The molecule has 248 valence electrons. The van der Waals surface area contributed by atoms with E-state index in [1.54, 1.807) is 19.2 Å². The number of halogens is 6. The van der Waals surface area contributed by atoms with Gasteiger partial charge in [-0.25, -0.2) is 9.18 Å². The highest BCUT2D eigenvalue weighted by molar-refractivity contribution is 6.42. The number of carbonyl (C=O) groups excluding carboxylic acids is 2. The Morgan fingerprint density at radius 3 is 2.33 bits per heavy atom. The zero-order valence-corrected chi connectivity index (χ0v) is 27.3. The topological polar surface area (TPSA) is 67.9 Å². The molecular weight excluding hydrogens is 645 g/mol. The fraction of sp³-hybridized carbons (Fsp3) is 0.394. The second-order valence-corrected chi connectivity index (χ2v) is 12.2. The Morgan fingerprint density at radius 2 is 1.67 bits per heavy atom. The number of likely N-dealkylation sites (N-methyl/N-ethyl adjacent to an activating group) is 1. The molecule has 4 rings (SSSR count). The van der Waals surface area contributed by atoms with Crippen molar-refractivity contribution in [2.24, 2.45) is 0 Å². The van der Waals surface area contributed by atoms with Gasteiger partial charge in [-0.15, -0.1) is 0 Å². The van der Waals surface area contributed by atoms with E-state index in [2.05, 4.69) is 26.5 Å². The van der Waals surface area contributed by atoms with E-state index in [0.717, 1.165) is 49.1 Å². The molecule has 0 spiro atoms. The fourth-order valence-electron chi connectivity index (χ4n) is 5.68. The summed E-state index contributed by atoms with van der Waals surface area (Å²) in [5, 5.41) is 6.25. The van der Waals surface area contributed by atoms with E-state index in [0.29, 0.717) is 35.1 Å². The molecule has 3 amide bonds. The second-order valence-electron chi connectivity index (χ2n) is 11.4. The third-order valence-electron chi connectivity index (χ3n) is 8.21. The van der Waals surface area contributed by atoms with Crippen LogP contribution in [0.4, 0.5) is 28.0 Å². The average molecular weight is 683 g/mol. The number of nitrogens with zero attached hydrogens (tertiary/aromatic N) is 3. The van der Waals surface area contributed by atoms with Crippen LogP contribution in [0, 0.1) is 5.82 Å². The number of rotatable bonds is 10. The molecule has 1 fully saturated rings. The number of alkyl halides is 3. The molecule has 2 atom stereocenters. The van der Waals surface area contributed by atoms with E-state index in [1.807, 2.05) is 31.2 Å². The van der Waals surface area contributed by atoms with Gasteiger partial charge in [0.05, 0.1) is 21.7 Å². The van der Waals surface area contributed by atoms with Crippen LogP contribution in [0.1, 0.15) is 52.4 Å². The molecule has 46 heavy (non-hydrogen) atoms. The van der Waals surface area contributed by atoms with E-state index in [-0.39, 0.29) is 30.1 Å². The highest BCUT2D eigenvalue weighted by Gasteiger charge is 2.32. The number of hydrogen-bond donors (Lipinski definition) is 2. The van der Waals surface area contributed by atoms with Crippen molar-refractivity contribution in [3.63, 3.8) is 0 Å². The number of carbonyl (C=O) groups is 2. The van der Waals surface area contributed by atoms with Crippen LogP contribution in [0.25, 0.3) is 0 Å². The van der Waals surface area contributed by atoms with Crippen LogP contribution >= 0.6 is 23.2 Å². The summed E-state index contributed by atoms with van der Waals surface area (Å²) < 4.78 is 53.9. The molecule has 0 saturated carbocycles. The van der Waals surface area contributed by atoms with Gasteiger partial charge in [0.25, 0.3) is 5.91 Å². The Kier molecular flexibility index (Phi) is 11.8. The molecule has 3 aromatic rings. The largest absolute Gasteiger partial charge is 0.416 e. The molecule has 0 aromatic heterocycles. The van der Waals surface area contributed by atoms with Crippen LogP contribution in [0.2, 0.25) is 10.0 Å². The summed E-state index contributed by atoms with van der Waals surface area (Å²) in [6.45, 7) is 5.88. The van der Waals surface area contributed by atoms with Gasteiger partial charge in [0.1, 0.15) is 5.82 Å². The first-order valence-electron chi connectivity index (χ1n) is 14.9. The lowest BCUT2D eigenvalue weighted by molar-refractivity contribution is -0.137. The van der Waals surface area contributed by atoms with Gasteiger partial charge >= 0.3 is 12.2 Å².